The predicted molar refractivity (Wildman–Crippen MR) is 86.1 cm³/mol. The minimum Gasteiger partial charge on any atom is -0.376 e. The normalized spacial score (nSPS) is 18.7. The van der Waals surface area contributed by atoms with Crippen LogP contribution in [0.15, 0.2) is 30.3 Å². The number of nitriles is 1. The van der Waals surface area contributed by atoms with E-state index in [-0.39, 0.29) is 11.9 Å². The van der Waals surface area contributed by atoms with Crippen LogP contribution in [-0.2, 0) is 14.3 Å². The number of nitrogens with one attached hydrogen (secondary N) is 1. The highest BCUT2D eigenvalue weighted by Gasteiger charge is 2.26. The van der Waals surface area contributed by atoms with Crippen molar-refractivity contribution in [3.63, 3.8) is 0 Å². The summed E-state index contributed by atoms with van der Waals surface area (Å²) in [6, 6.07) is 7.38. The molecule has 1 saturated heterocycles. The number of carbonyl (C=O) groups is 2. The van der Waals surface area contributed by atoms with Crippen molar-refractivity contribution in [3.05, 3.63) is 41.7 Å². The Kier molecular flexibility index (Phi) is 6.21. The third kappa shape index (κ3) is 4.74. The molecule has 1 heterocycles. The lowest BCUT2D eigenvalue weighted by atomic mass is 9.99. The summed E-state index contributed by atoms with van der Waals surface area (Å²) in [4.78, 5) is 24.2. The largest absolute Gasteiger partial charge is 0.376 e. The van der Waals surface area contributed by atoms with Crippen molar-refractivity contribution < 1.29 is 18.7 Å². The number of halogens is 1. The van der Waals surface area contributed by atoms with Crippen molar-refractivity contribution in [2.45, 2.75) is 25.9 Å². The Balaban J connectivity index is 1.99. The lowest BCUT2D eigenvalue weighted by Gasteiger charge is -2.12. The van der Waals surface area contributed by atoms with E-state index in [4.69, 9.17) is 10.00 Å². The number of ketones is 1. The van der Waals surface area contributed by atoms with Gasteiger partial charge in [0, 0.05) is 13.2 Å². The molecule has 24 heavy (non-hydrogen) atoms. The molecule has 126 valence electrons. The van der Waals surface area contributed by atoms with Gasteiger partial charge in [0.05, 0.1) is 12.2 Å². The molecule has 1 aliphatic heterocycles. The van der Waals surface area contributed by atoms with Crippen molar-refractivity contribution in [3.8, 4) is 6.07 Å². The first-order valence-electron chi connectivity index (χ1n) is 7.78. The monoisotopic (exact) mass is 330 g/mol. The quantitative estimate of drug-likeness (QED) is 0.641. The topological polar surface area (TPSA) is 79.2 Å². The molecule has 5 nitrogen and oxygen atoms in total. The van der Waals surface area contributed by atoms with Gasteiger partial charge in [0.15, 0.2) is 11.7 Å². The first-order valence-corrected chi connectivity index (χ1v) is 7.78. The summed E-state index contributed by atoms with van der Waals surface area (Å²) in [5.41, 5.74) is 1.22. The van der Waals surface area contributed by atoms with Crippen LogP contribution in [0, 0.1) is 23.1 Å². The number of carbonyl (C=O) groups excluding carboxylic acids is 2. The summed E-state index contributed by atoms with van der Waals surface area (Å²) in [6.07, 6.45) is 2.99. The number of amides is 1. The smallest absolute Gasteiger partial charge is 0.245 e. The summed E-state index contributed by atoms with van der Waals surface area (Å²) < 4.78 is 18.3. The van der Waals surface area contributed by atoms with Crippen LogP contribution in [0.25, 0.3) is 5.57 Å². The second-order valence-electron chi connectivity index (χ2n) is 5.68. The Hall–Kier alpha value is -2.52. The third-order valence-electron chi connectivity index (χ3n) is 3.86. The van der Waals surface area contributed by atoms with Gasteiger partial charge in [-0.3, -0.25) is 9.59 Å². The Morgan fingerprint density at radius 2 is 2.17 bits per heavy atom. The number of rotatable bonds is 6. The molecular weight excluding hydrogens is 311 g/mol. The summed E-state index contributed by atoms with van der Waals surface area (Å²) in [7, 11) is 0. The van der Waals surface area contributed by atoms with Gasteiger partial charge in [-0.2, -0.15) is 5.26 Å². The van der Waals surface area contributed by atoms with Gasteiger partial charge in [0.2, 0.25) is 5.91 Å². The zero-order valence-electron chi connectivity index (χ0n) is 13.4. The Morgan fingerprint density at radius 3 is 2.75 bits per heavy atom. The van der Waals surface area contributed by atoms with E-state index >= 15 is 0 Å². The molecule has 0 saturated carbocycles. The van der Waals surface area contributed by atoms with Crippen LogP contribution in [0.4, 0.5) is 4.39 Å². The predicted octanol–water partition coefficient (Wildman–Crippen LogP) is 2.23. The average molecular weight is 330 g/mol. The molecule has 2 rings (SSSR count). The molecule has 1 fully saturated rings. The molecule has 0 aliphatic carbocycles. The fourth-order valence-corrected chi connectivity index (χ4v) is 2.47. The summed E-state index contributed by atoms with van der Waals surface area (Å²) >= 11 is 0. The van der Waals surface area contributed by atoms with E-state index in [2.05, 4.69) is 5.32 Å². The maximum atomic E-state index is 12.9. The molecule has 6 heteroatoms. The minimum atomic E-state index is -1.40. The molecular formula is C18H19FN2O3. The molecule has 0 bridgehead atoms. The first-order chi connectivity index (χ1) is 11.5. The maximum Gasteiger partial charge on any atom is 0.245 e. The Morgan fingerprint density at radius 1 is 1.46 bits per heavy atom. The van der Waals surface area contributed by atoms with Gasteiger partial charge in [-0.1, -0.05) is 12.1 Å². The molecule has 0 aromatic heterocycles. The lowest BCUT2D eigenvalue weighted by molar-refractivity contribution is -0.129. The van der Waals surface area contributed by atoms with E-state index in [1.54, 1.807) is 13.0 Å². The van der Waals surface area contributed by atoms with E-state index in [1.807, 2.05) is 0 Å². The van der Waals surface area contributed by atoms with Gasteiger partial charge in [-0.05, 0) is 49.1 Å². The molecule has 2 unspecified atom stereocenters. The summed E-state index contributed by atoms with van der Waals surface area (Å²) in [5, 5.41) is 11.7. The van der Waals surface area contributed by atoms with Gasteiger partial charge < -0.3 is 10.1 Å². The van der Waals surface area contributed by atoms with Crippen molar-refractivity contribution >= 4 is 17.3 Å². The molecule has 2 atom stereocenters. The van der Waals surface area contributed by atoms with Gasteiger partial charge in [0.25, 0.3) is 0 Å². The van der Waals surface area contributed by atoms with Crippen molar-refractivity contribution in [1.82, 2.24) is 5.32 Å². The molecule has 1 amide bonds. The Bertz CT molecular complexity index is 670. The van der Waals surface area contributed by atoms with E-state index in [1.165, 1.54) is 30.3 Å². The van der Waals surface area contributed by atoms with Crippen LogP contribution in [-0.4, -0.2) is 30.9 Å². The zero-order valence-corrected chi connectivity index (χ0v) is 13.4. The lowest BCUT2D eigenvalue weighted by Crippen LogP contribution is -2.38. The van der Waals surface area contributed by atoms with Gasteiger partial charge >= 0.3 is 0 Å². The highest BCUT2D eigenvalue weighted by atomic mass is 19.1. The second kappa shape index (κ2) is 8.37. The number of hydrogen-bond acceptors (Lipinski definition) is 4. The molecule has 0 radical (unpaired) electrons. The van der Waals surface area contributed by atoms with E-state index in [0.29, 0.717) is 24.3 Å². The first kappa shape index (κ1) is 17.8. The van der Waals surface area contributed by atoms with Crippen LogP contribution in [0.2, 0.25) is 0 Å². The SMILES string of the molecule is CC(=CC(=O)C(C#N)C(=O)NCC1CCCO1)c1ccc(F)cc1. The van der Waals surface area contributed by atoms with Crippen molar-refractivity contribution in [2.75, 3.05) is 13.2 Å². The maximum absolute atomic E-state index is 12.9. The molecule has 0 spiro atoms. The van der Waals surface area contributed by atoms with Crippen LogP contribution < -0.4 is 5.32 Å². The van der Waals surface area contributed by atoms with Crippen molar-refractivity contribution in [1.29, 1.82) is 5.26 Å². The summed E-state index contributed by atoms with van der Waals surface area (Å²) in [6.45, 7) is 2.63. The van der Waals surface area contributed by atoms with Gasteiger partial charge in [-0.15, -0.1) is 0 Å². The van der Waals surface area contributed by atoms with Crippen LogP contribution in [0.5, 0.6) is 0 Å². The average Bonchev–Trinajstić information content (AvgIpc) is 3.07. The van der Waals surface area contributed by atoms with Crippen molar-refractivity contribution in [2.24, 2.45) is 5.92 Å². The molecule has 1 aliphatic rings. The second-order valence-corrected chi connectivity index (χ2v) is 5.68. The van der Waals surface area contributed by atoms with E-state index < -0.39 is 17.6 Å². The van der Waals surface area contributed by atoms with Crippen LogP contribution in [0.3, 0.4) is 0 Å². The van der Waals surface area contributed by atoms with Crippen LogP contribution in [0.1, 0.15) is 25.3 Å². The highest BCUT2D eigenvalue weighted by Crippen LogP contribution is 2.16. The van der Waals surface area contributed by atoms with E-state index in [9.17, 15) is 14.0 Å². The highest BCUT2D eigenvalue weighted by molar-refractivity contribution is 6.11. The number of ether oxygens (including phenoxy) is 1. The minimum absolute atomic E-state index is 0.0557. The number of hydrogen-bond donors (Lipinski definition) is 1. The summed E-state index contributed by atoms with van der Waals surface area (Å²) in [5.74, 6) is -2.99. The zero-order chi connectivity index (χ0) is 17.5. The number of nitrogens with zero attached hydrogens (tertiary/aromatic N) is 1. The van der Waals surface area contributed by atoms with Crippen LogP contribution >= 0.6 is 0 Å². The molecule has 1 aromatic carbocycles. The standard InChI is InChI=1S/C18H19FN2O3/c1-12(13-4-6-14(19)7-5-13)9-17(22)16(10-20)18(23)21-11-15-3-2-8-24-15/h4-7,9,15-16H,2-3,8,11H2,1H3,(H,21,23). The van der Waals surface area contributed by atoms with Gasteiger partial charge in [-0.25, -0.2) is 4.39 Å². The molecule has 1 N–H and O–H groups in total. The van der Waals surface area contributed by atoms with E-state index in [0.717, 1.165) is 12.8 Å². The molecule has 1 aromatic rings. The third-order valence-corrected chi connectivity index (χ3v) is 3.86. The fraction of sp³-hybridized carbons (Fsp3) is 0.389. The number of benzene rings is 1. The fourth-order valence-electron chi connectivity index (χ4n) is 2.47. The Labute approximate surface area is 140 Å². The van der Waals surface area contributed by atoms with Gasteiger partial charge in [0.1, 0.15) is 5.82 Å². The number of allylic oxidation sites excluding steroid dienone is 2.